The Morgan fingerprint density at radius 1 is 1.05 bits per heavy atom. The van der Waals surface area contributed by atoms with E-state index < -0.39 is 0 Å². The highest BCUT2D eigenvalue weighted by Crippen LogP contribution is 2.23. The number of ketones is 1. The van der Waals surface area contributed by atoms with E-state index in [1.165, 1.54) is 0 Å². The molecule has 0 radical (unpaired) electrons. The van der Waals surface area contributed by atoms with E-state index in [9.17, 15) is 4.79 Å². The monoisotopic (exact) mass is 301 g/mol. The molecule has 100 valence electrons. The van der Waals surface area contributed by atoms with Crippen LogP contribution in [0.15, 0.2) is 48.5 Å². The van der Waals surface area contributed by atoms with E-state index in [1.54, 1.807) is 11.3 Å². The van der Waals surface area contributed by atoms with E-state index in [1.807, 2.05) is 48.5 Å². The number of thiazole rings is 1. The summed E-state index contributed by atoms with van der Waals surface area (Å²) in [7, 11) is 0. The molecule has 0 aliphatic carbocycles. The van der Waals surface area contributed by atoms with Crippen LogP contribution < -0.4 is 0 Å². The van der Waals surface area contributed by atoms with E-state index in [4.69, 9.17) is 11.6 Å². The zero-order valence-electron chi connectivity index (χ0n) is 10.7. The number of hydrogen-bond acceptors (Lipinski definition) is 3. The lowest BCUT2D eigenvalue weighted by Crippen LogP contribution is -2.06. The average Bonchev–Trinajstić information content (AvgIpc) is 2.83. The molecule has 2 aromatic carbocycles. The lowest BCUT2D eigenvalue weighted by molar-refractivity contribution is -0.117. The minimum atomic E-state index is 0.136. The topological polar surface area (TPSA) is 30.0 Å². The van der Waals surface area contributed by atoms with Crippen LogP contribution in [0.25, 0.3) is 10.2 Å². The van der Waals surface area contributed by atoms with E-state index in [-0.39, 0.29) is 5.78 Å². The summed E-state index contributed by atoms with van der Waals surface area (Å²) in [4.78, 5) is 16.6. The van der Waals surface area contributed by atoms with Crippen LogP contribution in [0.4, 0.5) is 0 Å². The first-order chi connectivity index (χ1) is 9.72. The molecule has 0 spiro atoms. The molecule has 0 atom stereocenters. The van der Waals surface area contributed by atoms with Crippen molar-refractivity contribution in [3.05, 3.63) is 64.1 Å². The van der Waals surface area contributed by atoms with Crippen molar-refractivity contribution < 1.29 is 4.79 Å². The number of para-hydroxylation sites is 1. The molecule has 20 heavy (non-hydrogen) atoms. The molecule has 0 aliphatic heterocycles. The second-order valence-corrected chi connectivity index (χ2v) is 6.08. The van der Waals surface area contributed by atoms with Gasteiger partial charge in [-0.15, -0.1) is 11.3 Å². The van der Waals surface area contributed by atoms with Crippen LogP contribution in [-0.2, 0) is 17.6 Å². The van der Waals surface area contributed by atoms with Gasteiger partial charge in [0.25, 0.3) is 0 Å². The third-order valence-electron chi connectivity index (χ3n) is 3.03. The molecule has 1 aromatic heterocycles. The number of aromatic nitrogens is 1. The number of benzene rings is 2. The molecular formula is C16H12ClNOS. The van der Waals surface area contributed by atoms with E-state index in [0.717, 1.165) is 20.8 Å². The maximum atomic E-state index is 12.1. The molecule has 4 heteroatoms. The normalized spacial score (nSPS) is 10.8. The molecular weight excluding hydrogens is 290 g/mol. The summed E-state index contributed by atoms with van der Waals surface area (Å²) in [6.07, 6.45) is 0.722. The summed E-state index contributed by atoms with van der Waals surface area (Å²) in [5, 5.41) is 1.51. The van der Waals surface area contributed by atoms with Crippen LogP contribution in [0.1, 0.15) is 10.6 Å². The van der Waals surface area contributed by atoms with Crippen molar-refractivity contribution in [1.29, 1.82) is 0 Å². The standard InChI is InChI=1S/C16H12ClNOS/c17-13-6-2-1-5-11(13)9-12(19)10-16-18-14-7-3-4-8-15(14)20-16/h1-8H,9-10H2. The fraction of sp³-hybridized carbons (Fsp3) is 0.125. The second-order valence-electron chi connectivity index (χ2n) is 4.56. The summed E-state index contributed by atoms with van der Waals surface area (Å²) in [5.74, 6) is 0.136. The summed E-state index contributed by atoms with van der Waals surface area (Å²) in [6.45, 7) is 0. The molecule has 3 aromatic rings. The molecule has 0 aliphatic rings. The van der Waals surface area contributed by atoms with E-state index in [2.05, 4.69) is 4.98 Å². The van der Waals surface area contributed by atoms with E-state index >= 15 is 0 Å². The van der Waals surface area contributed by atoms with Gasteiger partial charge in [0.2, 0.25) is 0 Å². The number of hydrogen-bond donors (Lipinski definition) is 0. The third kappa shape index (κ3) is 2.89. The van der Waals surface area contributed by atoms with Gasteiger partial charge in [-0.25, -0.2) is 4.98 Å². The van der Waals surface area contributed by atoms with Gasteiger partial charge in [-0.05, 0) is 23.8 Å². The molecule has 0 saturated carbocycles. The van der Waals surface area contributed by atoms with Crippen molar-refractivity contribution >= 4 is 38.9 Å². The minimum absolute atomic E-state index is 0.136. The predicted octanol–water partition coefficient (Wildman–Crippen LogP) is 4.30. The number of nitrogens with zero attached hydrogens (tertiary/aromatic N) is 1. The highest BCUT2D eigenvalue weighted by Gasteiger charge is 2.11. The number of halogens is 1. The van der Waals surface area contributed by atoms with Crippen LogP contribution in [0.3, 0.4) is 0 Å². The zero-order valence-corrected chi connectivity index (χ0v) is 12.2. The molecule has 0 amide bonds. The lowest BCUT2D eigenvalue weighted by Gasteiger charge is -2.01. The minimum Gasteiger partial charge on any atom is -0.299 e. The first kappa shape index (κ1) is 13.3. The maximum absolute atomic E-state index is 12.1. The summed E-state index contributed by atoms with van der Waals surface area (Å²) >= 11 is 7.65. The van der Waals surface area contributed by atoms with Crippen LogP contribution >= 0.6 is 22.9 Å². The first-order valence-electron chi connectivity index (χ1n) is 6.32. The summed E-state index contributed by atoms with van der Waals surface area (Å²) in [5.41, 5.74) is 1.83. The molecule has 3 rings (SSSR count). The fourth-order valence-electron chi connectivity index (χ4n) is 2.08. The number of carbonyl (C=O) groups is 1. The Morgan fingerprint density at radius 2 is 1.80 bits per heavy atom. The number of rotatable bonds is 4. The fourth-order valence-corrected chi connectivity index (χ4v) is 3.28. The summed E-state index contributed by atoms with van der Waals surface area (Å²) in [6, 6.07) is 15.4. The van der Waals surface area contributed by atoms with Crippen LogP contribution in [0.2, 0.25) is 5.02 Å². The van der Waals surface area contributed by atoms with Crippen molar-refractivity contribution in [1.82, 2.24) is 4.98 Å². The van der Waals surface area contributed by atoms with Crippen molar-refractivity contribution in [2.24, 2.45) is 0 Å². The molecule has 0 N–H and O–H groups in total. The van der Waals surface area contributed by atoms with Gasteiger partial charge in [-0.3, -0.25) is 4.79 Å². The first-order valence-corrected chi connectivity index (χ1v) is 7.51. The Labute approximate surface area is 126 Å². The van der Waals surface area contributed by atoms with E-state index in [0.29, 0.717) is 17.9 Å². The number of carbonyl (C=O) groups excluding carboxylic acids is 1. The number of fused-ring (bicyclic) bond motifs is 1. The molecule has 0 fully saturated rings. The quantitative estimate of drug-likeness (QED) is 0.719. The Bertz CT molecular complexity index is 733. The van der Waals surface area contributed by atoms with Gasteiger partial charge in [0.1, 0.15) is 10.8 Å². The maximum Gasteiger partial charge on any atom is 0.144 e. The summed E-state index contributed by atoms with van der Waals surface area (Å²) < 4.78 is 1.12. The SMILES string of the molecule is O=C(Cc1nc2ccccc2s1)Cc1ccccc1Cl. The van der Waals surface area contributed by atoms with Crippen molar-refractivity contribution in [3.8, 4) is 0 Å². The highest BCUT2D eigenvalue weighted by atomic mass is 35.5. The van der Waals surface area contributed by atoms with Crippen molar-refractivity contribution in [2.75, 3.05) is 0 Å². The molecule has 0 saturated heterocycles. The molecule has 2 nitrogen and oxygen atoms in total. The molecule has 0 bridgehead atoms. The van der Waals surface area contributed by atoms with Gasteiger partial charge in [0, 0.05) is 11.4 Å². The Morgan fingerprint density at radius 3 is 2.60 bits per heavy atom. The van der Waals surface area contributed by atoms with Gasteiger partial charge in [-0.1, -0.05) is 41.9 Å². The second kappa shape index (κ2) is 5.73. The van der Waals surface area contributed by atoms with Gasteiger partial charge in [0.05, 0.1) is 16.6 Å². The Kier molecular flexibility index (Phi) is 3.81. The molecule has 1 heterocycles. The van der Waals surface area contributed by atoms with Gasteiger partial charge in [0.15, 0.2) is 0 Å². The predicted molar refractivity (Wildman–Crippen MR) is 83.5 cm³/mol. The van der Waals surface area contributed by atoms with Crippen LogP contribution in [0, 0.1) is 0 Å². The number of Topliss-reactive ketones (excluding diaryl/α,β-unsaturated/α-hetero) is 1. The van der Waals surface area contributed by atoms with Gasteiger partial charge >= 0.3 is 0 Å². The van der Waals surface area contributed by atoms with Crippen molar-refractivity contribution in [2.45, 2.75) is 12.8 Å². The average molecular weight is 302 g/mol. The van der Waals surface area contributed by atoms with Crippen molar-refractivity contribution in [3.63, 3.8) is 0 Å². The lowest BCUT2D eigenvalue weighted by atomic mass is 10.1. The van der Waals surface area contributed by atoms with Gasteiger partial charge in [-0.2, -0.15) is 0 Å². The smallest absolute Gasteiger partial charge is 0.144 e. The van der Waals surface area contributed by atoms with Gasteiger partial charge < -0.3 is 0 Å². The Hall–Kier alpha value is -1.71. The highest BCUT2D eigenvalue weighted by molar-refractivity contribution is 7.18. The molecule has 0 unspecified atom stereocenters. The third-order valence-corrected chi connectivity index (χ3v) is 4.44. The zero-order chi connectivity index (χ0) is 13.9. The van der Waals surface area contributed by atoms with Crippen LogP contribution in [0.5, 0.6) is 0 Å². The van der Waals surface area contributed by atoms with Crippen LogP contribution in [-0.4, -0.2) is 10.8 Å². The largest absolute Gasteiger partial charge is 0.299 e. The Balaban J connectivity index is 1.74.